The summed E-state index contributed by atoms with van der Waals surface area (Å²) in [7, 11) is 0. The highest BCUT2D eigenvalue weighted by Gasteiger charge is 2.04. The molecule has 0 aliphatic rings. The molecule has 1 aromatic heterocycles. The average molecular weight is 126 g/mol. The van der Waals surface area contributed by atoms with Crippen LogP contribution in [0.25, 0.3) is 0 Å². The second-order valence-corrected chi connectivity index (χ2v) is 1.63. The van der Waals surface area contributed by atoms with Crippen LogP contribution in [0.15, 0.2) is 10.7 Å². The SMILES string of the molecule is CC(=O)c1nc(N)co1. The van der Waals surface area contributed by atoms with Gasteiger partial charge in [-0.3, -0.25) is 4.79 Å². The third-order valence-electron chi connectivity index (χ3n) is 0.823. The van der Waals surface area contributed by atoms with Gasteiger partial charge >= 0.3 is 0 Å². The second-order valence-electron chi connectivity index (χ2n) is 1.63. The van der Waals surface area contributed by atoms with Crippen LogP contribution in [-0.4, -0.2) is 10.8 Å². The molecule has 0 aliphatic carbocycles. The lowest BCUT2D eigenvalue weighted by molar-refractivity contribution is 0.0981. The molecular formula is C5H6N2O2. The van der Waals surface area contributed by atoms with E-state index in [4.69, 9.17) is 5.73 Å². The van der Waals surface area contributed by atoms with Gasteiger partial charge in [0.1, 0.15) is 6.26 Å². The van der Waals surface area contributed by atoms with Gasteiger partial charge in [0.15, 0.2) is 5.82 Å². The predicted octanol–water partition coefficient (Wildman–Crippen LogP) is 0.459. The average Bonchev–Trinajstić information content (AvgIpc) is 2.14. The van der Waals surface area contributed by atoms with E-state index in [0.29, 0.717) is 0 Å². The van der Waals surface area contributed by atoms with Crippen LogP contribution in [0.2, 0.25) is 0 Å². The van der Waals surface area contributed by atoms with E-state index in [1.165, 1.54) is 13.2 Å². The third-order valence-corrected chi connectivity index (χ3v) is 0.823. The number of oxazole rings is 1. The van der Waals surface area contributed by atoms with Crippen LogP contribution < -0.4 is 5.73 Å². The zero-order valence-corrected chi connectivity index (χ0v) is 4.92. The quantitative estimate of drug-likeness (QED) is 0.555. The molecule has 0 spiro atoms. The van der Waals surface area contributed by atoms with E-state index in [1.54, 1.807) is 0 Å². The summed E-state index contributed by atoms with van der Waals surface area (Å²) < 4.78 is 4.64. The van der Waals surface area contributed by atoms with Gasteiger partial charge in [-0.25, -0.2) is 0 Å². The molecule has 48 valence electrons. The molecule has 1 heterocycles. The first-order chi connectivity index (χ1) is 4.20. The van der Waals surface area contributed by atoms with Gasteiger partial charge < -0.3 is 10.2 Å². The first-order valence-corrected chi connectivity index (χ1v) is 2.42. The molecular weight excluding hydrogens is 120 g/mol. The maximum atomic E-state index is 10.4. The van der Waals surface area contributed by atoms with E-state index >= 15 is 0 Å². The lowest BCUT2D eigenvalue weighted by atomic mass is 10.5. The normalized spacial score (nSPS) is 9.44. The number of ketones is 1. The number of anilines is 1. The molecule has 0 saturated heterocycles. The van der Waals surface area contributed by atoms with Gasteiger partial charge in [0, 0.05) is 6.92 Å². The molecule has 4 heteroatoms. The number of rotatable bonds is 1. The molecule has 0 atom stereocenters. The van der Waals surface area contributed by atoms with Gasteiger partial charge in [-0.15, -0.1) is 0 Å². The lowest BCUT2D eigenvalue weighted by Crippen LogP contribution is -1.92. The summed E-state index contributed by atoms with van der Waals surface area (Å²) in [5.74, 6) is 0.0828. The van der Waals surface area contributed by atoms with Crippen LogP contribution in [0.1, 0.15) is 17.6 Å². The summed E-state index contributed by atoms with van der Waals surface area (Å²) in [6, 6.07) is 0. The molecule has 1 rings (SSSR count). The molecule has 0 radical (unpaired) electrons. The molecule has 0 aromatic carbocycles. The highest BCUT2D eigenvalue weighted by Crippen LogP contribution is 2.02. The number of hydrogen-bond acceptors (Lipinski definition) is 4. The highest BCUT2D eigenvalue weighted by atomic mass is 16.3. The number of carbonyl (C=O) groups is 1. The van der Waals surface area contributed by atoms with Crippen molar-refractivity contribution in [2.24, 2.45) is 0 Å². The van der Waals surface area contributed by atoms with Crippen LogP contribution in [0.4, 0.5) is 5.82 Å². The van der Waals surface area contributed by atoms with E-state index in [2.05, 4.69) is 9.40 Å². The van der Waals surface area contributed by atoms with Crippen LogP contribution in [0.3, 0.4) is 0 Å². The molecule has 4 nitrogen and oxygen atoms in total. The van der Waals surface area contributed by atoms with Crippen molar-refractivity contribution in [3.8, 4) is 0 Å². The topological polar surface area (TPSA) is 69.1 Å². The van der Waals surface area contributed by atoms with Crippen molar-refractivity contribution in [2.45, 2.75) is 6.92 Å². The van der Waals surface area contributed by atoms with Gasteiger partial charge in [-0.1, -0.05) is 0 Å². The zero-order valence-electron chi connectivity index (χ0n) is 4.92. The number of Topliss-reactive ketones (excluding diaryl/α,β-unsaturated/α-hetero) is 1. The molecule has 9 heavy (non-hydrogen) atoms. The lowest BCUT2D eigenvalue weighted by Gasteiger charge is -1.78. The molecule has 0 aliphatic heterocycles. The van der Waals surface area contributed by atoms with E-state index < -0.39 is 0 Å². The van der Waals surface area contributed by atoms with Gasteiger partial charge in [0.25, 0.3) is 5.89 Å². The van der Waals surface area contributed by atoms with Crippen molar-refractivity contribution in [3.63, 3.8) is 0 Å². The summed E-state index contributed by atoms with van der Waals surface area (Å²) in [5.41, 5.74) is 5.16. The van der Waals surface area contributed by atoms with Crippen LogP contribution in [0.5, 0.6) is 0 Å². The van der Waals surface area contributed by atoms with Crippen molar-refractivity contribution in [1.29, 1.82) is 0 Å². The fourth-order valence-corrected chi connectivity index (χ4v) is 0.448. The smallest absolute Gasteiger partial charge is 0.264 e. The zero-order chi connectivity index (χ0) is 6.85. The Kier molecular flexibility index (Phi) is 1.22. The predicted molar refractivity (Wildman–Crippen MR) is 30.9 cm³/mol. The minimum Gasteiger partial charge on any atom is -0.440 e. The number of nitrogens with zero attached hydrogens (tertiary/aromatic N) is 1. The number of nitrogens with two attached hydrogens (primary N) is 1. The van der Waals surface area contributed by atoms with E-state index in [1.807, 2.05) is 0 Å². The van der Waals surface area contributed by atoms with Gasteiger partial charge in [-0.2, -0.15) is 4.98 Å². The monoisotopic (exact) mass is 126 g/mol. The summed E-state index contributed by atoms with van der Waals surface area (Å²) in [6.45, 7) is 1.37. The highest BCUT2D eigenvalue weighted by molar-refractivity contribution is 5.89. The Morgan fingerprint density at radius 3 is 2.78 bits per heavy atom. The van der Waals surface area contributed by atoms with E-state index in [9.17, 15) is 4.79 Å². The Balaban J connectivity index is 2.98. The van der Waals surface area contributed by atoms with Gasteiger partial charge in [-0.05, 0) is 0 Å². The fraction of sp³-hybridized carbons (Fsp3) is 0.200. The molecule has 2 N–H and O–H groups in total. The molecule has 0 fully saturated rings. The molecule has 0 unspecified atom stereocenters. The first kappa shape index (κ1) is 5.81. The number of carbonyl (C=O) groups excluding carboxylic acids is 1. The van der Waals surface area contributed by atoms with Crippen molar-refractivity contribution in [1.82, 2.24) is 4.98 Å². The van der Waals surface area contributed by atoms with Crippen LogP contribution in [-0.2, 0) is 0 Å². The van der Waals surface area contributed by atoms with Crippen LogP contribution in [0, 0.1) is 0 Å². The summed E-state index contributed by atoms with van der Waals surface area (Å²) in [6.07, 6.45) is 1.23. The van der Waals surface area contributed by atoms with Crippen molar-refractivity contribution in [3.05, 3.63) is 12.2 Å². The van der Waals surface area contributed by atoms with E-state index in [-0.39, 0.29) is 17.5 Å². The van der Waals surface area contributed by atoms with Gasteiger partial charge in [0.2, 0.25) is 5.78 Å². The molecule has 0 bridgehead atoms. The Labute approximate surface area is 51.7 Å². The minimum atomic E-state index is -0.216. The third kappa shape index (κ3) is 1.07. The molecule has 0 saturated carbocycles. The largest absolute Gasteiger partial charge is 0.440 e. The first-order valence-electron chi connectivity index (χ1n) is 2.42. The Hall–Kier alpha value is -1.32. The number of hydrogen-bond donors (Lipinski definition) is 1. The molecule has 1 aromatic rings. The van der Waals surface area contributed by atoms with Crippen molar-refractivity contribution < 1.29 is 9.21 Å². The van der Waals surface area contributed by atoms with Crippen LogP contribution >= 0.6 is 0 Å². The van der Waals surface area contributed by atoms with Crippen molar-refractivity contribution >= 4 is 11.6 Å². The second kappa shape index (κ2) is 1.89. The number of nitrogen functional groups attached to an aromatic ring is 1. The summed E-state index contributed by atoms with van der Waals surface area (Å²) in [5, 5.41) is 0. The van der Waals surface area contributed by atoms with Gasteiger partial charge in [0.05, 0.1) is 0 Å². The summed E-state index contributed by atoms with van der Waals surface area (Å²) >= 11 is 0. The maximum absolute atomic E-state index is 10.4. The number of aromatic nitrogens is 1. The minimum absolute atomic E-state index is 0.0625. The fourth-order valence-electron chi connectivity index (χ4n) is 0.448. The molecule has 0 amide bonds. The maximum Gasteiger partial charge on any atom is 0.264 e. The standard InChI is InChI=1S/C5H6N2O2/c1-3(8)5-7-4(6)2-9-5/h2H,6H2,1H3. The van der Waals surface area contributed by atoms with E-state index in [0.717, 1.165) is 0 Å². The Morgan fingerprint density at radius 1 is 1.89 bits per heavy atom. The Morgan fingerprint density at radius 2 is 2.56 bits per heavy atom. The summed E-state index contributed by atoms with van der Waals surface area (Å²) in [4.78, 5) is 14.0. The Bertz CT molecular complexity index is 229. The van der Waals surface area contributed by atoms with Crippen molar-refractivity contribution in [2.75, 3.05) is 5.73 Å².